The number of carbonyl (C=O) groups is 1. The molecule has 2 aromatic rings. The van der Waals surface area contributed by atoms with Gasteiger partial charge in [-0.2, -0.15) is 0 Å². The van der Waals surface area contributed by atoms with Crippen LogP contribution in [0.3, 0.4) is 0 Å². The molecule has 0 aromatic carbocycles. The number of hydrogen-bond donors (Lipinski definition) is 2. The fourth-order valence-electron chi connectivity index (χ4n) is 4.17. The van der Waals surface area contributed by atoms with E-state index in [1.54, 1.807) is 0 Å². The van der Waals surface area contributed by atoms with Crippen molar-refractivity contribution in [1.82, 2.24) is 24.8 Å². The minimum atomic E-state index is 0.0529. The molecule has 8 heteroatoms. The van der Waals surface area contributed by atoms with Gasteiger partial charge in [0.1, 0.15) is 17.9 Å². The number of nitrogen functional groups attached to an aromatic ring is 1. The molecule has 0 atom stereocenters. The van der Waals surface area contributed by atoms with Gasteiger partial charge in [0.15, 0.2) is 5.82 Å². The van der Waals surface area contributed by atoms with Crippen molar-refractivity contribution in [3.63, 3.8) is 0 Å². The minimum Gasteiger partial charge on any atom is -0.382 e. The number of aromatic nitrogens is 3. The molecule has 30 heavy (non-hydrogen) atoms. The molecule has 2 aromatic heterocycles. The molecule has 0 radical (unpaired) electrons. The van der Waals surface area contributed by atoms with Crippen LogP contribution in [0.2, 0.25) is 0 Å². The summed E-state index contributed by atoms with van der Waals surface area (Å²) in [6.07, 6.45) is 3.10. The maximum atomic E-state index is 12.2. The molecule has 0 saturated carbocycles. The maximum absolute atomic E-state index is 12.2. The van der Waals surface area contributed by atoms with Crippen LogP contribution in [0.15, 0.2) is 0 Å². The summed E-state index contributed by atoms with van der Waals surface area (Å²) in [4.78, 5) is 23.4. The Balaban J connectivity index is 1.72. The van der Waals surface area contributed by atoms with Gasteiger partial charge in [0.05, 0.1) is 5.52 Å². The fourth-order valence-corrected chi connectivity index (χ4v) is 4.17. The van der Waals surface area contributed by atoms with E-state index < -0.39 is 0 Å². The van der Waals surface area contributed by atoms with Gasteiger partial charge in [-0.1, -0.05) is 0 Å². The number of fused-ring (bicyclic) bond motifs is 1. The zero-order valence-electron chi connectivity index (χ0n) is 19.0. The number of aryl methyl sites for hydroxylation is 3. The number of hydrogen-bond acceptors (Lipinski definition) is 5. The Hall–Kier alpha value is -2.35. The van der Waals surface area contributed by atoms with Crippen LogP contribution in [0.25, 0.3) is 11.0 Å². The monoisotopic (exact) mass is 416 g/mol. The van der Waals surface area contributed by atoms with Crippen molar-refractivity contribution in [2.75, 3.05) is 25.4 Å². The van der Waals surface area contributed by atoms with E-state index in [0.29, 0.717) is 24.9 Å². The number of carbonyl (C=O) groups excluding carboxylic acids is 1. The first kappa shape index (κ1) is 22.3. The zero-order chi connectivity index (χ0) is 21.8. The summed E-state index contributed by atoms with van der Waals surface area (Å²) in [6.45, 7) is 13.7. The first-order valence-corrected chi connectivity index (χ1v) is 11.1. The highest BCUT2D eigenvalue weighted by atomic mass is 16.5. The van der Waals surface area contributed by atoms with E-state index in [9.17, 15) is 4.79 Å². The summed E-state index contributed by atoms with van der Waals surface area (Å²) in [5.74, 6) is 1.97. The summed E-state index contributed by atoms with van der Waals surface area (Å²) in [7, 11) is 0. The Bertz CT molecular complexity index is 884. The molecule has 1 aliphatic heterocycles. The molecular formula is C22H36N6O2. The molecule has 0 aliphatic carbocycles. The third-order valence-electron chi connectivity index (χ3n) is 5.99. The number of imidazole rings is 1. The zero-order valence-corrected chi connectivity index (χ0v) is 19.0. The number of nitrogens with one attached hydrogen (secondary N) is 1. The van der Waals surface area contributed by atoms with E-state index in [4.69, 9.17) is 15.5 Å². The summed E-state index contributed by atoms with van der Waals surface area (Å²) in [5, 5.41) is 2.99. The van der Waals surface area contributed by atoms with E-state index >= 15 is 0 Å². The van der Waals surface area contributed by atoms with Crippen LogP contribution in [-0.4, -0.2) is 51.2 Å². The van der Waals surface area contributed by atoms with Crippen LogP contribution in [0, 0.1) is 19.8 Å². The molecule has 0 bridgehead atoms. The van der Waals surface area contributed by atoms with Gasteiger partial charge in [-0.15, -0.1) is 0 Å². The van der Waals surface area contributed by atoms with Crippen molar-refractivity contribution < 1.29 is 9.53 Å². The molecule has 1 fully saturated rings. The average molecular weight is 417 g/mol. The lowest BCUT2D eigenvalue weighted by molar-refractivity contribution is 0.125. The van der Waals surface area contributed by atoms with Gasteiger partial charge in [0, 0.05) is 38.0 Å². The normalized spacial score (nSPS) is 15.3. The molecule has 8 nitrogen and oxygen atoms in total. The lowest BCUT2D eigenvalue weighted by Crippen LogP contribution is -2.46. The van der Waals surface area contributed by atoms with E-state index in [0.717, 1.165) is 67.0 Å². The number of amides is 2. The van der Waals surface area contributed by atoms with Gasteiger partial charge in [-0.05, 0) is 65.4 Å². The van der Waals surface area contributed by atoms with E-state index in [2.05, 4.69) is 21.8 Å². The van der Waals surface area contributed by atoms with E-state index in [1.807, 2.05) is 32.6 Å². The quantitative estimate of drug-likeness (QED) is 0.721. The number of piperidine rings is 1. The van der Waals surface area contributed by atoms with Crippen LogP contribution in [-0.2, 0) is 17.9 Å². The third kappa shape index (κ3) is 4.86. The predicted octanol–water partition coefficient (Wildman–Crippen LogP) is 3.39. The molecule has 1 aliphatic rings. The molecule has 0 spiro atoms. The first-order chi connectivity index (χ1) is 14.3. The maximum Gasteiger partial charge on any atom is 0.317 e. The average Bonchev–Trinajstić information content (AvgIpc) is 3.08. The Morgan fingerprint density at radius 2 is 1.97 bits per heavy atom. The van der Waals surface area contributed by atoms with Gasteiger partial charge >= 0.3 is 6.03 Å². The number of rotatable bonds is 7. The van der Waals surface area contributed by atoms with Crippen LogP contribution in [0.1, 0.15) is 57.1 Å². The topological polar surface area (TPSA) is 98.3 Å². The lowest BCUT2D eigenvalue weighted by Gasteiger charge is -2.32. The predicted molar refractivity (Wildman–Crippen MR) is 119 cm³/mol. The van der Waals surface area contributed by atoms with E-state index in [-0.39, 0.29) is 12.1 Å². The smallest absolute Gasteiger partial charge is 0.317 e. The number of urea groups is 1. The van der Waals surface area contributed by atoms with Crippen molar-refractivity contribution in [2.45, 2.75) is 73.1 Å². The second-order valence-corrected chi connectivity index (χ2v) is 8.54. The summed E-state index contributed by atoms with van der Waals surface area (Å²) in [6, 6.07) is 0.222. The number of nitrogens with two attached hydrogens (primary N) is 1. The van der Waals surface area contributed by atoms with Crippen molar-refractivity contribution >= 4 is 22.9 Å². The number of nitrogens with zero attached hydrogens (tertiary/aromatic N) is 4. The number of pyridine rings is 1. The van der Waals surface area contributed by atoms with Crippen molar-refractivity contribution in [3.05, 3.63) is 17.1 Å². The van der Waals surface area contributed by atoms with Crippen LogP contribution >= 0.6 is 0 Å². The molecule has 2 amide bonds. The van der Waals surface area contributed by atoms with Crippen LogP contribution < -0.4 is 11.1 Å². The number of ether oxygens (including phenoxy) is 1. The summed E-state index contributed by atoms with van der Waals surface area (Å²) >= 11 is 0. The summed E-state index contributed by atoms with van der Waals surface area (Å²) in [5.41, 5.74) is 10.1. The van der Waals surface area contributed by atoms with Gasteiger partial charge in [-0.25, -0.2) is 14.8 Å². The second kappa shape index (κ2) is 9.64. The largest absolute Gasteiger partial charge is 0.382 e. The van der Waals surface area contributed by atoms with E-state index in [1.165, 1.54) is 0 Å². The molecular weight excluding hydrogens is 380 g/mol. The highest BCUT2D eigenvalue weighted by Gasteiger charge is 2.24. The minimum absolute atomic E-state index is 0.0529. The molecule has 0 unspecified atom stereocenters. The Kier molecular flexibility index (Phi) is 7.18. The molecule has 3 N–H and O–H groups in total. The van der Waals surface area contributed by atoms with Gasteiger partial charge in [-0.3, -0.25) is 0 Å². The van der Waals surface area contributed by atoms with Crippen molar-refractivity contribution in [2.24, 2.45) is 5.92 Å². The van der Waals surface area contributed by atoms with Crippen LogP contribution in [0.5, 0.6) is 0 Å². The highest BCUT2D eigenvalue weighted by Crippen LogP contribution is 2.28. The van der Waals surface area contributed by atoms with Gasteiger partial charge in [0.25, 0.3) is 0 Å². The number of anilines is 1. The second-order valence-electron chi connectivity index (χ2n) is 8.54. The Labute approximate surface area is 179 Å². The molecule has 3 rings (SSSR count). The standard InChI is InChI=1S/C22H36N6O2/c1-6-30-13-18-26-19-20(15(4)16(5)25-21(19)23)28(18)12-9-17-7-10-27(11-8-17)22(29)24-14(2)3/h14,17H,6-13H2,1-5H3,(H2,23,25)(H,24,29). The lowest BCUT2D eigenvalue weighted by atomic mass is 9.93. The highest BCUT2D eigenvalue weighted by molar-refractivity contribution is 5.88. The molecule has 166 valence electrons. The number of likely N-dealkylation sites (tertiary alicyclic amines) is 1. The fraction of sp³-hybridized carbons (Fsp3) is 0.682. The Morgan fingerprint density at radius 3 is 2.60 bits per heavy atom. The van der Waals surface area contributed by atoms with Gasteiger partial charge in [0.2, 0.25) is 0 Å². The molecule has 1 saturated heterocycles. The van der Waals surface area contributed by atoms with Crippen molar-refractivity contribution in [3.8, 4) is 0 Å². The SMILES string of the molecule is CCOCc1nc2c(N)nc(C)c(C)c2n1CCC1CCN(C(=O)NC(C)C)CC1. The third-order valence-corrected chi connectivity index (χ3v) is 5.99. The first-order valence-electron chi connectivity index (χ1n) is 11.1. The molecule has 3 heterocycles. The summed E-state index contributed by atoms with van der Waals surface area (Å²) < 4.78 is 7.94. The Morgan fingerprint density at radius 1 is 1.27 bits per heavy atom. The van der Waals surface area contributed by atoms with Crippen molar-refractivity contribution in [1.29, 1.82) is 0 Å². The van der Waals surface area contributed by atoms with Gasteiger partial charge < -0.3 is 25.3 Å². The van der Waals surface area contributed by atoms with Crippen LogP contribution in [0.4, 0.5) is 10.6 Å².